The lowest BCUT2D eigenvalue weighted by molar-refractivity contribution is 0.101. The second-order valence-corrected chi connectivity index (χ2v) is 4.41. The molecule has 3 heterocycles. The summed E-state index contributed by atoms with van der Waals surface area (Å²) in [6, 6.07) is 0.283. The van der Waals surface area contributed by atoms with Crippen LogP contribution in [0.3, 0.4) is 0 Å². The molecule has 0 saturated carbocycles. The largest absolute Gasteiger partial charge is 0.467 e. The topological polar surface area (TPSA) is 98.9 Å². The summed E-state index contributed by atoms with van der Waals surface area (Å²) < 4.78 is 8.21. The molecule has 0 atom stereocenters. The predicted molar refractivity (Wildman–Crippen MR) is 70.8 cm³/mol. The van der Waals surface area contributed by atoms with Crippen molar-refractivity contribution in [3.63, 3.8) is 0 Å². The van der Waals surface area contributed by atoms with Crippen molar-refractivity contribution in [1.29, 1.82) is 0 Å². The fourth-order valence-electron chi connectivity index (χ4n) is 2.09. The van der Waals surface area contributed by atoms with Gasteiger partial charge in [0.05, 0.1) is 13.3 Å². The minimum Gasteiger partial charge on any atom is -0.467 e. The van der Waals surface area contributed by atoms with Gasteiger partial charge in [0, 0.05) is 20.1 Å². The Morgan fingerprint density at radius 1 is 1.55 bits per heavy atom. The van der Waals surface area contributed by atoms with E-state index in [2.05, 4.69) is 25.8 Å². The van der Waals surface area contributed by atoms with Gasteiger partial charge in [-0.2, -0.15) is 10.1 Å². The molecule has 2 aromatic rings. The number of nitrogens with one attached hydrogen (secondary N) is 2. The summed E-state index contributed by atoms with van der Waals surface area (Å²) in [5.74, 6) is 0.472. The molecule has 20 heavy (non-hydrogen) atoms. The van der Waals surface area contributed by atoms with Crippen LogP contribution in [0, 0.1) is 0 Å². The number of ether oxygens (including phenoxy) is 1. The second-order valence-electron chi connectivity index (χ2n) is 4.41. The van der Waals surface area contributed by atoms with Gasteiger partial charge >= 0.3 is 6.01 Å². The van der Waals surface area contributed by atoms with E-state index in [0.29, 0.717) is 5.69 Å². The van der Waals surface area contributed by atoms with Crippen LogP contribution >= 0.6 is 0 Å². The van der Waals surface area contributed by atoms with E-state index >= 15 is 0 Å². The minimum absolute atomic E-state index is 0.0557. The van der Waals surface area contributed by atoms with Gasteiger partial charge < -0.3 is 15.4 Å². The summed E-state index contributed by atoms with van der Waals surface area (Å²) >= 11 is 0. The van der Waals surface area contributed by atoms with Gasteiger partial charge in [-0.1, -0.05) is 0 Å². The molecule has 2 N–H and O–H groups in total. The monoisotopic (exact) mass is 277 g/mol. The number of aryl methyl sites for hydroxylation is 2. The van der Waals surface area contributed by atoms with E-state index in [9.17, 15) is 4.79 Å². The molecule has 106 valence electrons. The number of carbonyl (C=O) groups excluding carboxylic acids is 1. The lowest BCUT2D eigenvalue weighted by Gasteiger charge is -2.16. The fourth-order valence-corrected chi connectivity index (χ4v) is 2.09. The van der Waals surface area contributed by atoms with Gasteiger partial charge in [0.25, 0.3) is 5.91 Å². The Bertz CT molecular complexity index is 645. The van der Waals surface area contributed by atoms with Crippen molar-refractivity contribution in [3.05, 3.63) is 12.0 Å². The van der Waals surface area contributed by atoms with Gasteiger partial charge in [0.15, 0.2) is 0 Å². The Kier molecular flexibility index (Phi) is 3.01. The average molecular weight is 277 g/mol. The Hall–Kier alpha value is -2.58. The lowest BCUT2D eigenvalue weighted by Crippen LogP contribution is -2.20. The number of methoxy groups -OCH3 is 1. The van der Waals surface area contributed by atoms with Crippen LogP contribution in [0.5, 0.6) is 6.01 Å². The number of amides is 1. The van der Waals surface area contributed by atoms with Gasteiger partial charge in [0.1, 0.15) is 11.5 Å². The van der Waals surface area contributed by atoms with E-state index in [0.717, 1.165) is 25.3 Å². The van der Waals surface area contributed by atoms with Crippen LogP contribution in [0.2, 0.25) is 0 Å². The van der Waals surface area contributed by atoms with E-state index in [4.69, 9.17) is 4.74 Å². The highest BCUT2D eigenvalue weighted by Crippen LogP contribution is 2.24. The molecule has 0 aromatic carbocycles. The normalized spacial score (nSPS) is 13.5. The Labute approximate surface area is 114 Å². The molecule has 9 nitrogen and oxygen atoms in total. The maximum atomic E-state index is 12.1. The zero-order valence-electron chi connectivity index (χ0n) is 11.3. The third-order valence-corrected chi connectivity index (χ3v) is 3.04. The number of hydrogen-bond acceptors (Lipinski definition) is 6. The van der Waals surface area contributed by atoms with Crippen molar-refractivity contribution in [2.24, 2.45) is 7.05 Å². The molecule has 1 amide bonds. The zero-order valence-corrected chi connectivity index (χ0v) is 11.3. The summed E-state index contributed by atoms with van der Waals surface area (Å²) in [5, 5.41) is 14.2. The third-order valence-electron chi connectivity index (χ3n) is 3.04. The van der Waals surface area contributed by atoms with Crippen molar-refractivity contribution in [3.8, 4) is 6.01 Å². The molecule has 0 aliphatic carbocycles. The van der Waals surface area contributed by atoms with Crippen LogP contribution in [0.1, 0.15) is 17.0 Å². The molecule has 2 aromatic heterocycles. The van der Waals surface area contributed by atoms with E-state index < -0.39 is 5.91 Å². The van der Waals surface area contributed by atoms with Gasteiger partial charge in [-0.15, -0.1) is 5.10 Å². The Morgan fingerprint density at radius 2 is 2.40 bits per heavy atom. The maximum Gasteiger partial charge on any atom is 0.314 e. The van der Waals surface area contributed by atoms with E-state index in [1.807, 2.05) is 4.68 Å². The molecule has 0 fully saturated rings. The summed E-state index contributed by atoms with van der Waals surface area (Å²) in [6.45, 7) is 1.71. The van der Waals surface area contributed by atoms with Crippen molar-refractivity contribution in [2.75, 3.05) is 24.3 Å². The quantitative estimate of drug-likeness (QED) is 0.825. The molecule has 1 aliphatic heterocycles. The van der Waals surface area contributed by atoms with Crippen LogP contribution < -0.4 is 15.4 Å². The number of aromatic nitrogens is 5. The summed E-state index contributed by atoms with van der Waals surface area (Å²) in [4.78, 5) is 16.1. The first-order valence-corrected chi connectivity index (χ1v) is 6.25. The number of anilines is 2. The van der Waals surface area contributed by atoms with Gasteiger partial charge in [-0.05, 0) is 6.42 Å². The first-order chi connectivity index (χ1) is 9.69. The number of carbonyl (C=O) groups is 1. The molecule has 0 spiro atoms. The highest BCUT2D eigenvalue weighted by Gasteiger charge is 2.20. The van der Waals surface area contributed by atoms with Crippen molar-refractivity contribution < 1.29 is 9.53 Å². The van der Waals surface area contributed by atoms with Crippen LogP contribution in [0.15, 0.2) is 6.20 Å². The fraction of sp³-hybridized carbons (Fsp3) is 0.455. The van der Waals surface area contributed by atoms with Crippen LogP contribution in [-0.2, 0) is 13.6 Å². The summed E-state index contributed by atoms with van der Waals surface area (Å²) in [7, 11) is 3.13. The molecular weight excluding hydrogens is 262 g/mol. The highest BCUT2D eigenvalue weighted by atomic mass is 16.5. The third kappa shape index (κ3) is 2.06. The Balaban J connectivity index is 1.80. The van der Waals surface area contributed by atoms with Crippen molar-refractivity contribution >= 4 is 17.4 Å². The van der Waals surface area contributed by atoms with Crippen LogP contribution in [0.25, 0.3) is 0 Å². The Morgan fingerprint density at radius 3 is 3.15 bits per heavy atom. The van der Waals surface area contributed by atoms with Crippen LogP contribution in [-0.4, -0.2) is 44.1 Å². The molecule has 0 radical (unpaired) electrons. The lowest BCUT2D eigenvalue weighted by atomic mass is 10.3. The second kappa shape index (κ2) is 4.83. The smallest absolute Gasteiger partial charge is 0.314 e. The molecule has 0 bridgehead atoms. The van der Waals surface area contributed by atoms with E-state index in [1.54, 1.807) is 13.2 Å². The average Bonchev–Trinajstić information content (AvgIpc) is 3.03. The SMILES string of the molecule is COc1nc(C(=O)Nc2cnn3c2NCCC3)nn1C. The first kappa shape index (κ1) is 12.5. The zero-order chi connectivity index (χ0) is 14.1. The highest BCUT2D eigenvalue weighted by molar-refractivity contribution is 6.03. The molecule has 1 aliphatic rings. The number of rotatable bonds is 3. The minimum atomic E-state index is -0.396. The summed E-state index contributed by atoms with van der Waals surface area (Å²) in [5.41, 5.74) is 0.626. The van der Waals surface area contributed by atoms with Crippen molar-refractivity contribution in [1.82, 2.24) is 24.5 Å². The molecule has 3 rings (SSSR count). The summed E-state index contributed by atoms with van der Waals surface area (Å²) in [6.07, 6.45) is 2.63. The number of hydrogen-bond donors (Lipinski definition) is 2. The van der Waals surface area contributed by atoms with Crippen molar-refractivity contribution in [2.45, 2.75) is 13.0 Å². The van der Waals surface area contributed by atoms with Crippen LogP contribution in [0.4, 0.5) is 11.5 Å². The van der Waals surface area contributed by atoms with E-state index in [1.165, 1.54) is 11.8 Å². The van der Waals surface area contributed by atoms with Gasteiger partial charge in [-0.25, -0.2) is 9.36 Å². The maximum absolute atomic E-state index is 12.1. The standard InChI is InChI=1S/C11H15N7O2/c1-17-11(20-2)15-8(16-17)10(19)14-7-6-13-18-5-3-4-12-9(7)18/h6,12H,3-5H2,1-2H3,(H,14,19). The molecule has 9 heteroatoms. The number of fused-ring (bicyclic) bond motifs is 1. The predicted octanol–water partition coefficient (Wildman–Crippen LogP) is 0.0881. The first-order valence-electron chi connectivity index (χ1n) is 6.25. The van der Waals surface area contributed by atoms with Gasteiger partial charge in [0.2, 0.25) is 5.82 Å². The molecular formula is C11H15N7O2. The van der Waals surface area contributed by atoms with E-state index in [-0.39, 0.29) is 11.8 Å². The molecule has 0 saturated heterocycles. The van der Waals surface area contributed by atoms with Gasteiger partial charge in [-0.3, -0.25) is 4.79 Å². The number of nitrogens with zero attached hydrogens (tertiary/aromatic N) is 5. The molecule has 0 unspecified atom stereocenters.